The van der Waals surface area contributed by atoms with Gasteiger partial charge in [-0.3, -0.25) is 8.74 Å². The number of hydrogen-bond donors (Lipinski definition) is 2. The Bertz CT molecular complexity index is 93.0. The van der Waals surface area contributed by atoms with Gasteiger partial charge < -0.3 is 5.32 Å². The van der Waals surface area contributed by atoms with Crippen LogP contribution >= 0.6 is 10.6 Å². The highest BCUT2D eigenvalue weighted by Gasteiger charge is 2.17. The van der Waals surface area contributed by atoms with Crippen molar-refractivity contribution in [2.24, 2.45) is 0 Å². The summed E-state index contributed by atoms with van der Waals surface area (Å²) in [5.41, 5.74) is 0. The first-order valence-corrected chi connectivity index (χ1v) is 4.90. The fourth-order valence-electron chi connectivity index (χ4n) is 0.857. The van der Waals surface area contributed by atoms with Crippen molar-refractivity contribution < 1.29 is 8.74 Å². The van der Waals surface area contributed by atoms with E-state index in [9.17, 15) is 4.55 Å². The van der Waals surface area contributed by atoms with Gasteiger partial charge in [0, 0.05) is 13.1 Å². The molecule has 1 fully saturated rings. The van der Waals surface area contributed by atoms with Gasteiger partial charge in [-0.15, -0.1) is 0 Å². The summed E-state index contributed by atoms with van der Waals surface area (Å²) in [5, 5.41) is 3.16. The zero-order valence-electron chi connectivity index (χ0n) is 5.59. The van der Waals surface area contributed by atoms with Gasteiger partial charge in [0.25, 0.3) is 0 Å². The van der Waals surface area contributed by atoms with E-state index in [-0.39, 0.29) is 0 Å². The molecule has 3 nitrogen and oxygen atoms in total. The maximum atomic E-state index is 9.50. The lowest BCUT2D eigenvalue weighted by molar-refractivity contribution is 0.388. The molecule has 1 rings (SSSR count). The molecule has 1 heterocycles. The van der Waals surface area contributed by atoms with E-state index in [1.807, 2.05) is 0 Å². The Morgan fingerprint density at radius 1 is 1.44 bits per heavy atom. The molecule has 0 saturated carbocycles. The van der Waals surface area contributed by atoms with E-state index in [0.717, 1.165) is 24.6 Å². The first-order chi connectivity index (χ1) is 4.27. The third-order valence-corrected chi connectivity index (χ3v) is 3.81. The molecule has 0 aromatic rings. The van der Waals surface area contributed by atoms with Crippen LogP contribution in [0.4, 0.5) is 0 Å². The lowest BCUT2D eigenvalue weighted by Gasteiger charge is -2.39. The standard InChI is InChI=1S/C5H13NO2S/c1-8-9(7)4-2-6-3-5-9/h6-7H,2-5H2,1H3. The third-order valence-electron chi connectivity index (χ3n) is 1.51. The van der Waals surface area contributed by atoms with Crippen molar-refractivity contribution in [1.82, 2.24) is 5.32 Å². The lowest BCUT2D eigenvalue weighted by atomic mass is 10.6. The summed E-state index contributed by atoms with van der Waals surface area (Å²) < 4.78 is 14.5. The topological polar surface area (TPSA) is 41.5 Å². The Morgan fingerprint density at radius 3 is 2.33 bits per heavy atom. The van der Waals surface area contributed by atoms with E-state index in [1.54, 1.807) is 7.11 Å². The Balaban J connectivity index is 2.37. The Kier molecular flexibility index (Phi) is 2.35. The number of hydrogen-bond acceptors (Lipinski definition) is 3. The van der Waals surface area contributed by atoms with E-state index in [4.69, 9.17) is 4.18 Å². The van der Waals surface area contributed by atoms with Crippen LogP contribution in [0.1, 0.15) is 0 Å². The third kappa shape index (κ3) is 1.82. The van der Waals surface area contributed by atoms with Crippen molar-refractivity contribution in [2.75, 3.05) is 31.7 Å². The highest BCUT2D eigenvalue weighted by atomic mass is 32.3. The SMILES string of the molecule is COS1(O)CCNCC1. The van der Waals surface area contributed by atoms with Crippen LogP contribution in [-0.4, -0.2) is 36.3 Å². The van der Waals surface area contributed by atoms with Crippen LogP contribution in [0, 0.1) is 0 Å². The smallest absolute Gasteiger partial charge is 0.0604 e. The summed E-state index contributed by atoms with van der Waals surface area (Å²) in [7, 11) is -0.0566. The number of nitrogens with one attached hydrogen (secondary N) is 1. The molecule has 0 bridgehead atoms. The Labute approximate surface area is 57.1 Å². The summed E-state index contributed by atoms with van der Waals surface area (Å²) in [6.07, 6.45) is 0. The fourth-order valence-corrected chi connectivity index (χ4v) is 2.32. The monoisotopic (exact) mass is 151 g/mol. The van der Waals surface area contributed by atoms with E-state index in [0.29, 0.717) is 0 Å². The molecule has 0 aromatic heterocycles. The van der Waals surface area contributed by atoms with Crippen molar-refractivity contribution in [2.45, 2.75) is 0 Å². The minimum Gasteiger partial charge on any atom is -0.314 e. The van der Waals surface area contributed by atoms with Gasteiger partial charge in [0.2, 0.25) is 0 Å². The predicted molar refractivity (Wildman–Crippen MR) is 39.8 cm³/mol. The average molecular weight is 151 g/mol. The zero-order valence-corrected chi connectivity index (χ0v) is 6.41. The predicted octanol–water partition coefficient (Wildman–Crippen LogP) is 0.429. The highest BCUT2D eigenvalue weighted by molar-refractivity contribution is 8.25. The van der Waals surface area contributed by atoms with Gasteiger partial charge in [-0.1, -0.05) is 0 Å². The number of rotatable bonds is 1. The molecule has 0 aliphatic carbocycles. The summed E-state index contributed by atoms with van der Waals surface area (Å²) >= 11 is 0. The quantitative estimate of drug-likeness (QED) is 0.571. The maximum absolute atomic E-state index is 9.50. The molecule has 56 valence electrons. The molecule has 1 saturated heterocycles. The second-order valence-corrected chi connectivity index (χ2v) is 4.79. The summed E-state index contributed by atoms with van der Waals surface area (Å²) in [6.45, 7) is 1.78. The largest absolute Gasteiger partial charge is 0.314 e. The van der Waals surface area contributed by atoms with E-state index >= 15 is 0 Å². The van der Waals surface area contributed by atoms with Crippen LogP contribution < -0.4 is 5.32 Å². The normalized spacial score (nSPS) is 29.6. The first-order valence-electron chi connectivity index (χ1n) is 3.04. The second kappa shape index (κ2) is 2.88. The minimum absolute atomic E-state index is 0.781. The van der Waals surface area contributed by atoms with Gasteiger partial charge in [0.05, 0.1) is 18.6 Å². The fraction of sp³-hybridized carbons (Fsp3) is 1.00. The molecule has 2 N–H and O–H groups in total. The molecular weight excluding hydrogens is 138 g/mol. The molecule has 0 radical (unpaired) electrons. The molecule has 0 aromatic carbocycles. The lowest BCUT2D eigenvalue weighted by Crippen LogP contribution is -2.34. The molecular formula is C5H13NO2S. The summed E-state index contributed by atoms with van der Waals surface area (Å²) in [4.78, 5) is 0. The minimum atomic E-state index is -1.64. The molecule has 0 atom stereocenters. The van der Waals surface area contributed by atoms with Gasteiger partial charge in [-0.05, 0) is 0 Å². The van der Waals surface area contributed by atoms with Gasteiger partial charge in [0.15, 0.2) is 0 Å². The van der Waals surface area contributed by atoms with E-state index in [1.165, 1.54) is 0 Å². The van der Waals surface area contributed by atoms with Crippen LogP contribution in [0.5, 0.6) is 0 Å². The molecule has 0 spiro atoms. The van der Waals surface area contributed by atoms with Gasteiger partial charge in [-0.25, -0.2) is 0 Å². The maximum Gasteiger partial charge on any atom is 0.0604 e. The molecule has 4 heteroatoms. The molecule has 1 aliphatic heterocycles. The zero-order chi connectivity index (χ0) is 6.74. The van der Waals surface area contributed by atoms with Crippen LogP contribution in [-0.2, 0) is 4.18 Å². The van der Waals surface area contributed by atoms with Crippen LogP contribution in [0.2, 0.25) is 0 Å². The van der Waals surface area contributed by atoms with Crippen molar-refractivity contribution in [3.63, 3.8) is 0 Å². The average Bonchev–Trinajstić information content (AvgIpc) is 1.90. The Morgan fingerprint density at radius 2 is 2.00 bits per heavy atom. The summed E-state index contributed by atoms with van der Waals surface area (Å²) in [6, 6.07) is 0. The first kappa shape index (κ1) is 7.34. The molecule has 1 aliphatic rings. The van der Waals surface area contributed by atoms with Crippen molar-refractivity contribution in [3.05, 3.63) is 0 Å². The van der Waals surface area contributed by atoms with E-state index < -0.39 is 10.6 Å². The van der Waals surface area contributed by atoms with E-state index in [2.05, 4.69) is 5.32 Å². The molecule has 9 heavy (non-hydrogen) atoms. The van der Waals surface area contributed by atoms with Crippen molar-refractivity contribution >= 4 is 10.6 Å². The van der Waals surface area contributed by atoms with Crippen LogP contribution in [0.3, 0.4) is 0 Å². The van der Waals surface area contributed by atoms with Gasteiger partial charge >= 0.3 is 0 Å². The van der Waals surface area contributed by atoms with Crippen molar-refractivity contribution in [3.8, 4) is 0 Å². The highest BCUT2D eigenvalue weighted by Crippen LogP contribution is 2.43. The molecule has 0 amide bonds. The van der Waals surface area contributed by atoms with Crippen molar-refractivity contribution in [1.29, 1.82) is 0 Å². The van der Waals surface area contributed by atoms with Crippen LogP contribution in [0.25, 0.3) is 0 Å². The second-order valence-electron chi connectivity index (χ2n) is 2.10. The Hall–Kier alpha value is 0.230. The molecule has 0 unspecified atom stereocenters. The summed E-state index contributed by atoms with van der Waals surface area (Å²) in [5.74, 6) is 1.56. The van der Waals surface area contributed by atoms with Gasteiger partial charge in [0.1, 0.15) is 0 Å². The van der Waals surface area contributed by atoms with Gasteiger partial charge in [-0.2, -0.15) is 10.6 Å². The van der Waals surface area contributed by atoms with Crippen LogP contribution in [0.15, 0.2) is 0 Å².